The van der Waals surface area contributed by atoms with Crippen molar-refractivity contribution in [2.75, 3.05) is 0 Å². The van der Waals surface area contributed by atoms with Crippen LogP contribution in [0, 0.1) is 6.57 Å². The fourth-order valence-electron chi connectivity index (χ4n) is 6.36. The zero-order chi connectivity index (χ0) is 22.9. The second-order valence-corrected chi connectivity index (χ2v) is 9.10. The molecular formula is C26H20N4O3. The van der Waals surface area contributed by atoms with Gasteiger partial charge in [-0.15, -0.1) is 0 Å². The maximum Gasteiger partial charge on any atom is 0.386 e. The number of para-hydroxylation sites is 1. The maximum absolute atomic E-state index is 13.1. The van der Waals surface area contributed by atoms with Crippen molar-refractivity contribution in [1.82, 2.24) is 14.5 Å². The van der Waals surface area contributed by atoms with Gasteiger partial charge in [0.2, 0.25) is 0 Å². The van der Waals surface area contributed by atoms with Crippen LogP contribution < -0.4 is 5.32 Å². The highest BCUT2D eigenvalue weighted by molar-refractivity contribution is 6.27. The zero-order valence-electron chi connectivity index (χ0n) is 18.0. The van der Waals surface area contributed by atoms with Gasteiger partial charge in [-0.05, 0) is 24.6 Å². The molecule has 1 fully saturated rings. The quantitative estimate of drug-likeness (QED) is 0.455. The van der Waals surface area contributed by atoms with E-state index in [-0.39, 0.29) is 12.3 Å². The van der Waals surface area contributed by atoms with Crippen LogP contribution in [0.5, 0.6) is 0 Å². The number of aliphatic hydroxyl groups is 1. The van der Waals surface area contributed by atoms with Crippen LogP contribution in [0.25, 0.3) is 49.7 Å². The summed E-state index contributed by atoms with van der Waals surface area (Å²) >= 11 is 0. The molecule has 7 rings (SSSR count). The highest BCUT2D eigenvalue weighted by Gasteiger charge is 2.67. The van der Waals surface area contributed by atoms with Gasteiger partial charge in [0.05, 0.1) is 27.8 Å². The molecule has 3 aliphatic rings. The Morgan fingerprint density at radius 2 is 2.06 bits per heavy atom. The van der Waals surface area contributed by atoms with Crippen LogP contribution in [0.2, 0.25) is 0 Å². The number of aromatic nitrogens is 2. The number of hydrogen-bond acceptors (Lipinski definition) is 3. The third kappa shape index (κ3) is 1.77. The molecule has 2 aromatic carbocycles. The molecule has 1 saturated heterocycles. The molecule has 2 bridgehead atoms. The molecule has 33 heavy (non-hydrogen) atoms. The van der Waals surface area contributed by atoms with Crippen LogP contribution in [-0.2, 0) is 17.0 Å². The molecule has 1 unspecified atom stereocenters. The minimum atomic E-state index is -1.78. The van der Waals surface area contributed by atoms with E-state index in [9.17, 15) is 9.90 Å². The van der Waals surface area contributed by atoms with Crippen LogP contribution in [0.3, 0.4) is 0 Å². The first-order valence-electron chi connectivity index (χ1n) is 10.9. The largest absolute Gasteiger partial charge is 0.386 e. The van der Waals surface area contributed by atoms with Crippen LogP contribution in [-0.4, -0.2) is 25.9 Å². The van der Waals surface area contributed by atoms with Crippen LogP contribution in [0.1, 0.15) is 46.8 Å². The molecule has 162 valence electrons. The molecule has 3 atom stereocenters. The molecule has 1 amide bonds. The number of amides is 1. The van der Waals surface area contributed by atoms with Crippen LogP contribution in [0.4, 0.5) is 0 Å². The van der Waals surface area contributed by atoms with E-state index in [1.807, 2.05) is 33.4 Å². The van der Waals surface area contributed by atoms with E-state index in [1.165, 1.54) is 0 Å². The lowest BCUT2D eigenvalue weighted by Gasteiger charge is -2.31. The lowest BCUT2D eigenvalue weighted by molar-refractivity contribution is -0.161. The van der Waals surface area contributed by atoms with Crippen molar-refractivity contribution in [3.8, 4) is 0 Å². The Kier molecular flexibility index (Phi) is 3.14. The number of nitrogens with one attached hydrogen (secondary N) is 1. The van der Waals surface area contributed by atoms with E-state index in [0.717, 1.165) is 49.5 Å². The molecule has 3 aliphatic heterocycles. The van der Waals surface area contributed by atoms with Gasteiger partial charge in [-0.3, -0.25) is 9.64 Å². The minimum absolute atomic E-state index is 0.0882. The molecular weight excluding hydrogens is 416 g/mol. The lowest BCUT2D eigenvalue weighted by atomic mass is 9.95. The number of ether oxygens (including phenoxy) is 1. The Labute approximate surface area is 189 Å². The highest BCUT2D eigenvalue weighted by atomic mass is 16.6. The van der Waals surface area contributed by atoms with Crippen molar-refractivity contribution in [3.05, 3.63) is 71.2 Å². The Bertz CT molecular complexity index is 1680. The van der Waals surface area contributed by atoms with Crippen molar-refractivity contribution in [1.29, 1.82) is 0 Å². The summed E-state index contributed by atoms with van der Waals surface area (Å²) < 4.78 is 10.6. The van der Waals surface area contributed by atoms with Gasteiger partial charge in [0.15, 0.2) is 0 Å². The molecule has 7 nitrogen and oxygen atoms in total. The van der Waals surface area contributed by atoms with Gasteiger partial charge in [0, 0.05) is 28.3 Å². The summed E-state index contributed by atoms with van der Waals surface area (Å²) in [5.41, 5.74) is 2.58. The van der Waals surface area contributed by atoms with Crippen molar-refractivity contribution in [3.63, 3.8) is 0 Å². The number of nitrogens with zero attached hydrogens (tertiary/aromatic N) is 3. The normalized spacial score (nSPS) is 27.2. The molecule has 5 heterocycles. The van der Waals surface area contributed by atoms with Gasteiger partial charge in [0.25, 0.3) is 11.6 Å². The summed E-state index contributed by atoms with van der Waals surface area (Å²) in [5.74, 6) is -0.112. The number of benzene rings is 2. The standard InChI is InChI=1S/C26H20N4O3/c1-5-13-16(6-2)29-18-11-26(32,27-4)25(3,33-18)30-17-10-8-7-9-14(17)19-15-12-28-24(31)21(15)20(13)22(29)23(19)30/h5-10,18,32H,1-2,11-12H2,3H3,(H,28,31)/t18?,25-,26-/m0/s1. The van der Waals surface area contributed by atoms with E-state index < -0.39 is 17.7 Å². The molecule has 0 radical (unpaired) electrons. The monoisotopic (exact) mass is 436 g/mol. The summed E-state index contributed by atoms with van der Waals surface area (Å²) in [6.07, 6.45) is 2.96. The number of fused-ring (bicyclic) bond motifs is 10. The summed E-state index contributed by atoms with van der Waals surface area (Å²) in [6, 6.07) is 7.90. The number of carbonyl (C=O) groups excluding carboxylic acids is 1. The first-order chi connectivity index (χ1) is 15.9. The smallest absolute Gasteiger partial charge is 0.348 e. The van der Waals surface area contributed by atoms with E-state index >= 15 is 0 Å². The fourth-order valence-corrected chi connectivity index (χ4v) is 6.36. The number of hydrogen-bond donors (Lipinski definition) is 2. The van der Waals surface area contributed by atoms with Crippen molar-refractivity contribution in [2.24, 2.45) is 0 Å². The van der Waals surface area contributed by atoms with Crippen LogP contribution in [0.15, 0.2) is 37.4 Å². The van der Waals surface area contributed by atoms with E-state index in [1.54, 1.807) is 19.1 Å². The second kappa shape index (κ2) is 5.54. The van der Waals surface area contributed by atoms with Gasteiger partial charge < -0.3 is 24.3 Å². The molecule has 0 spiro atoms. The SMILES string of the molecule is [C-]#[N+][C@]1(O)CC2O[C@]1(C)n1c3ccccc3c3c4c(c5c(C=C)c(C=C)n2c5c31)C(=O)NC4. The van der Waals surface area contributed by atoms with Gasteiger partial charge in [-0.25, -0.2) is 6.57 Å². The predicted octanol–water partition coefficient (Wildman–Crippen LogP) is 4.49. The molecule has 0 saturated carbocycles. The third-order valence-electron chi connectivity index (χ3n) is 7.75. The zero-order valence-corrected chi connectivity index (χ0v) is 18.0. The Morgan fingerprint density at radius 1 is 1.27 bits per heavy atom. The van der Waals surface area contributed by atoms with Gasteiger partial charge in [-0.2, -0.15) is 0 Å². The van der Waals surface area contributed by atoms with Crippen molar-refractivity contribution < 1.29 is 14.6 Å². The first kappa shape index (κ1) is 18.7. The second-order valence-electron chi connectivity index (χ2n) is 9.10. The van der Waals surface area contributed by atoms with Gasteiger partial charge >= 0.3 is 5.72 Å². The Hall–Kier alpha value is -3.86. The molecule has 4 aromatic rings. The number of carbonyl (C=O) groups is 1. The van der Waals surface area contributed by atoms with Crippen LogP contribution >= 0.6 is 0 Å². The van der Waals surface area contributed by atoms with E-state index in [2.05, 4.69) is 23.3 Å². The average Bonchev–Trinajstić information content (AvgIpc) is 3.50. The Morgan fingerprint density at radius 3 is 2.79 bits per heavy atom. The first-order valence-corrected chi connectivity index (χ1v) is 10.9. The topological polar surface area (TPSA) is 72.8 Å². The predicted molar refractivity (Wildman–Crippen MR) is 126 cm³/mol. The molecule has 0 aliphatic carbocycles. The Balaban J connectivity index is 1.90. The minimum Gasteiger partial charge on any atom is -0.348 e. The fraction of sp³-hybridized carbons (Fsp3) is 0.231. The van der Waals surface area contributed by atoms with Crippen molar-refractivity contribution in [2.45, 2.75) is 37.6 Å². The molecule has 2 aromatic heterocycles. The third-order valence-corrected chi connectivity index (χ3v) is 7.75. The summed E-state index contributed by atoms with van der Waals surface area (Å²) in [6.45, 7) is 18.2. The van der Waals surface area contributed by atoms with Gasteiger partial charge in [0.1, 0.15) is 12.6 Å². The van der Waals surface area contributed by atoms with Crippen molar-refractivity contribution >= 4 is 50.8 Å². The number of rotatable bonds is 2. The molecule has 7 heteroatoms. The highest BCUT2D eigenvalue weighted by Crippen LogP contribution is 2.57. The summed E-state index contributed by atoms with van der Waals surface area (Å²) in [7, 11) is 0. The lowest BCUT2D eigenvalue weighted by Crippen LogP contribution is -2.48. The van der Waals surface area contributed by atoms with Gasteiger partial charge in [-0.1, -0.05) is 37.4 Å². The summed E-state index contributed by atoms with van der Waals surface area (Å²) in [4.78, 5) is 16.8. The summed E-state index contributed by atoms with van der Waals surface area (Å²) in [5, 5.41) is 17.3. The average molecular weight is 436 g/mol. The van der Waals surface area contributed by atoms with E-state index in [0.29, 0.717) is 12.1 Å². The molecule has 2 N–H and O–H groups in total. The van der Waals surface area contributed by atoms with E-state index in [4.69, 9.17) is 11.3 Å². The maximum atomic E-state index is 13.1.